The molecule has 4 rings (SSSR count). The predicted molar refractivity (Wildman–Crippen MR) is 81.4 cm³/mol. The highest BCUT2D eigenvalue weighted by Gasteiger charge is 2.06. The molecule has 0 aliphatic heterocycles. The average Bonchev–Trinajstić information content (AvgIpc) is 2.86. The lowest BCUT2D eigenvalue weighted by Crippen LogP contribution is -1.80. The molecule has 0 unspecified atom stereocenters. The van der Waals surface area contributed by atoms with Crippen LogP contribution in [-0.4, -0.2) is 4.98 Å². The number of nitrogens with zero attached hydrogens (tertiary/aromatic N) is 1. The van der Waals surface area contributed by atoms with Crippen molar-refractivity contribution >= 4 is 31.5 Å². The molecule has 1 radical (unpaired) electrons. The molecule has 0 fully saturated rings. The van der Waals surface area contributed by atoms with E-state index >= 15 is 0 Å². The van der Waals surface area contributed by atoms with Crippen LogP contribution in [0, 0.1) is 6.07 Å². The van der Waals surface area contributed by atoms with Crippen molar-refractivity contribution in [3.05, 3.63) is 66.9 Å². The standard InChI is InChI=1S/C17H10NS/c1-2-7-16-13(5-1)14-11-12(8-9-17(14)19-16)15-6-3-4-10-18-15/h2-11H. The molecule has 0 N–H and O–H groups in total. The smallest absolute Gasteiger partial charge is 0.0702 e. The third-order valence-corrected chi connectivity index (χ3v) is 4.43. The highest BCUT2D eigenvalue weighted by Crippen LogP contribution is 2.35. The van der Waals surface area contributed by atoms with Gasteiger partial charge in [0.2, 0.25) is 0 Å². The van der Waals surface area contributed by atoms with Crippen molar-refractivity contribution in [1.29, 1.82) is 0 Å². The second-order valence-corrected chi connectivity index (χ2v) is 5.53. The maximum atomic E-state index is 4.42. The number of aromatic nitrogens is 1. The Labute approximate surface area is 115 Å². The minimum Gasteiger partial charge on any atom is -0.256 e. The van der Waals surface area contributed by atoms with Gasteiger partial charge in [0.15, 0.2) is 0 Å². The van der Waals surface area contributed by atoms with Gasteiger partial charge in [-0.2, -0.15) is 0 Å². The summed E-state index contributed by atoms with van der Waals surface area (Å²) < 4.78 is 2.63. The van der Waals surface area contributed by atoms with Gasteiger partial charge in [0.1, 0.15) is 0 Å². The molecule has 2 heterocycles. The molecule has 0 aliphatic rings. The molecule has 0 aliphatic carbocycles. The lowest BCUT2D eigenvalue weighted by Gasteiger charge is -2.00. The van der Waals surface area contributed by atoms with E-state index in [0.29, 0.717) is 0 Å². The molecule has 0 bridgehead atoms. The zero-order valence-corrected chi connectivity index (χ0v) is 10.9. The first-order chi connectivity index (χ1) is 9.42. The Hall–Kier alpha value is -2.19. The Kier molecular flexibility index (Phi) is 2.35. The maximum absolute atomic E-state index is 4.42. The molecule has 1 nitrogen and oxygen atoms in total. The van der Waals surface area contributed by atoms with Crippen LogP contribution in [0.5, 0.6) is 0 Å². The first-order valence-corrected chi connectivity index (χ1v) is 6.97. The summed E-state index contributed by atoms with van der Waals surface area (Å²) >= 11 is 1.83. The molecule has 0 saturated carbocycles. The van der Waals surface area contributed by atoms with Gasteiger partial charge in [0, 0.05) is 31.9 Å². The molecule has 0 amide bonds. The Bertz CT molecular complexity index is 862. The van der Waals surface area contributed by atoms with Crippen molar-refractivity contribution in [3.8, 4) is 11.3 Å². The van der Waals surface area contributed by atoms with Crippen LogP contribution in [0.2, 0.25) is 0 Å². The molecule has 2 aromatic heterocycles. The quantitative estimate of drug-likeness (QED) is 0.473. The Morgan fingerprint density at radius 2 is 1.89 bits per heavy atom. The topological polar surface area (TPSA) is 12.9 Å². The van der Waals surface area contributed by atoms with Gasteiger partial charge < -0.3 is 0 Å². The van der Waals surface area contributed by atoms with Crippen molar-refractivity contribution < 1.29 is 0 Å². The summed E-state index contributed by atoms with van der Waals surface area (Å²) in [6.45, 7) is 0. The van der Waals surface area contributed by atoms with E-state index in [1.165, 1.54) is 20.2 Å². The SMILES string of the molecule is [c]1ccc2sc3ccc(-c4ccccn4)cc3c2c1. The van der Waals surface area contributed by atoms with E-state index in [0.717, 1.165) is 11.3 Å². The summed E-state index contributed by atoms with van der Waals surface area (Å²) in [5, 5.41) is 2.57. The first-order valence-electron chi connectivity index (χ1n) is 6.15. The van der Waals surface area contributed by atoms with Gasteiger partial charge in [0.05, 0.1) is 5.69 Å². The van der Waals surface area contributed by atoms with Crippen LogP contribution in [0.15, 0.2) is 60.8 Å². The van der Waals surface area contributed by atoms with Gasteiger partial charge in [0.25, 0.3) is 0 Å². The van der Waals surface area contributed by atoms with Crippen LogP contribution >= 0.6 is 11.3 Å². The fourth-order valence-electron chi connectivity index (χ4n) is 2.36. The summed E-state index contributed by atoms with van der Waals surface area (Å²) in [5.74, 6) is 0. The summed E-state index contributed by atoms with van der Waals surface area (Å²) in [6.07, 6.45) is 1.83. The molecule has 0 saturated heterocycles. The largest absolute Gasteiger partial charge is 0.256 e. The van der Waals surface area contributed by atoms with Crippen LogP contribution in [0.25, 0.3) is 31.4 Å². The Morgan fingerprint density at radius 1 is 0.947 bits per heavy atom. The number of pyridine rings is 1. The number of rotatable bonds is 1. The number of fused-ring (bicyclic) bond motifs is 3. The van der Waals surface area contributed by atoms with Crippen molar-refractivity contribution in [2.24, 2.45) is 0 Å². The van der Waals surface area contributed by atoms with E-state index in [9.17, 15) is 0 Å². The molecule has 0 spiro atoms. The zero-order chi connectivity index (χ0) is 12.7. The Morgan fingerprint density at radius 3 is 2.79 bits per heavy atom. The molecule has 4 aromatic rings. The lowest BCUT2D eigenvalue weighted by molar-refractivity contribution is 1.33. The van der Waals surface area contributed by atoms with Crippen LogP contribution in [-0.2, 0) is 0 Å². The van der Waals surface area contributed by atoms with Gasteiger partial charge in [-0.25, -0.2) is 0 Å². The monoisotopic (exact) mass is 260 g/mol. The third-order valence-electron chi connectivity index (χ3n) is 3.27. The highest BCUT2D eigenvalue weighted by atomic mass is 32.1. The normalized spacial score (nSPS) is 11.2. The summed E-state index contributed by atoms with van der Waals surface area (Å²) in [4.78, 5) is 4.42. The van der Waals surface area contributed by atoms with E-state index in [1.807, 2.05) is 41.8 Å². The molecular weight excluding hydrogens is 250 g/mol. The van der Waals surface area contributed by atoms with E-state index in [1.54, 1.807) is 0 Å². The average molecular weight is 260 g/mol. The number of hydrogen-bond donors (Lipinski definition) is 0. The van der Waals surface area contributed by atoms with E-state index in [4.69, 9.17) is 0 Å². The van der Waals surface area contributed by atoms with Crippen LogP contribution < -0.4 is 0 Å². The van der Waals surface area contributed by atoms with Crippen molar-refractivity contribution in [2.45, 2.75) is 0 Å². The summed E-state index contributed by atoms with van der Waals surface area (Å²) in [5.41, 5.74) is 2.18. The van der Waals surface area contributed by atoms with Crippen LogP contribution in [0.1, 0.15) is 0 Å². The fraction of sp³-hybridized carbons (Fsp3) is 0. The van der Waals surface area contributed by atoms with Crippen LogP contribution in [0.3, 0.4) is 0 Å². The summed E-state index contributed by atoms with van der Waals surface area (Å²) in [6, 6.07) is 21.9. The van der Waals surface area contributed by atoms with Gasteiger partial charge in [-0.05, 0) is 42.5 Å². The van der Waals surface area contributed by atoms with Gasteiger partial charge in [-0.15, -0.1) is 11.3 Å². The minimum absolute atomic E-state index is 1.02. The van der Waals surface area contributed by atoms with E-state index in [2.05, 4.69) is 41.4 Å². The molecule has 19 heavy (non-hydrogen) atoms. The lowest BCUT2D eigenvalue weighted by atomic mass is 10.1. The van der Waals surface area contributed by atoms with Gasteiger partial charge in [-0.1, -0.05) is 18.2 Å². The first kappa shape index (κ1) is 10.7. The number of benzene rings is 2. The minimum atomic E-state index is 1.02. The van der Waals surface area contributed by atoms with Crippen molar-refractivity contribution in [3.63, 3.8) is 0 Å². The van der Waals surface area contributed by atoms with Crippen molar-refractivity contribution in [2.75, 3.05) is 0 Å². The zero-order valence-electron chi connectivity index (χ0n) is 10.1. The number of hydrogen-bond acceptors (Lipinski definition) is 2. The maximum Gasteiger partial charge on any atom is 0.0702 e. The molecule has 2 aromatic carbocycles. The Balaban J connectivity index is 2.03. The van der Waals surface area contributed by atoms with E-state index in [-0.39, 0.29) is 0 Å². The van der Waals surface area contributed by atoms with Crippen molar-refractivity contribution in [1.82, 2.24) is 4.98 Å². The molecular formula is C17H10NS. The highest BCUT2D eigenvalue weighted by molar-refractivity contribution is 7.25. The van der Waals surface area contributed by atoms with E-state index < -0.39 is 0 Å². The van der Waals surface area contributed by atoms with Gasteiger partial charge in [-0.3, -0.25) is 4.98 Å². The second kappa shape index (κ2) is 4.18. The molecule has 0 atom stereocenters. The molecule has 2 heteroatoms. The fourth-order valence-corrected chi connectivity index (χ4v) is 3.42. The number of thiophene rings is 1. The second-order valence-electron chi connectivity index (χ2n) is 4.45. The summed E-state index contributed by atoms with van der Waals surface area (Å²) in [7, 11) is 0. The van der Waals surface area contributed by atoms with Gasteiger partial charge >= 0.3 is 0 Å². The molecule has 89 valence electrons. The van der Waals surface area contributed by atoms with Crippen LogP contribution in [0.4, 0.5) is 0 Å². The third kappa shape index (κ3) is 1.72. The predicted octanol–water partition coefficient (Wildman–Crippen LogP) is 4.92.